The van der Waals surface area contributed by atoms with E-state index in [0.717, 1.165) is 51.1 Å². The number of ether oxygens (including phenoxy) is 4. The van der Waals surface area contributed by atoms with Crippen LogP contribution in [-0.4, -0.2) is 35.5 Å². The molecule has 0 saturated carbocycles. The van der Waals surface area contributed by atoms with Gasteiger partial charge in [-0.1, -0.05) is 0 Å². The number of hydrogen-bond donors (Lipinski definition) is 1. The Labute approximate surface area is 173 Å². The molecule has 1 aliphatic heterocycles. The number of methoxy groups -OCH3 is 2. The van der Waals surface area contributed by atoms with E-state index in [1.165, 1.54) is 0 Å². The van der Waals surface area contributed by atoms with Gasteiger partial charge >= 0.3 is 0 Å². The van der Waals surface area contributed by atoms with E-state index in [2.05, 4.69) is 19.9 Å². The van der Waals surface area contributed by atoms with Crippen molar-refractivity contribution in [1.82, 2.24) is 14.5 Å². The fourth-order valence-corrected chi connectivity index (χ4v) is 3.50. The van der Waals surface area contributed by atoms with Crippen molar-refractivity contribution in [1.29, 1.82) is 0 Å². The van der Waals surface area contributed by atoms with Gasteiger partial charge < -0.3 is 28.8 Å². The lowest BCUT2D eigenvalue weighted by Gasteiger charge is -2.11. The molecule has 8 heteroatoms. The molecule has 1 aliphatic rings. The number of rotatable bonds is 6. The third-order valence-electron chi connectivity index (χ3n) is 4.96. The average molecular weight is 404 g/mol. The maximum Gasteiger partial charge on any atom is 0.231 e. The summed E-state index contributed by atoms with van der Waals surface area (Å²) in [5.41, 5.74) is 2.74. The number of nitrogens with zero attached hydrogens (tertiary/aromatic N) is 3. The molecule has 4 aromatic rings. The van der Waals surface area contributed by atoms with E-state index in [1.54, 1.807) is 20.5 Å². The van der Waals surface area contributed by atoms with Crippen molar-refractivity contribution in [3.8, 4) is 23.0 Å². The van der Waals surface area contributed by atoms with Gasteiger partial charge in [-0.3, -0.25) is 0 Å². The van der Waals surface area contributed by atoms with Crippen LogP contribution >= 0.6 is 0 Å². The van der Waals surface area contributed by atoms with Crippen LogP contribution in [0.2, 0.25) is 0 Å². The molecular formula is C22H20N4O4. The molecule has 0 unspecified atom stereocenters. The zero-order valence-corrected chi connectivity index (χ0v) is 16.6. The molecule has 0 bridgehead atoms. The molecule has 0 spiro atoms. The average Bonchev–Trinajstić information content (AvgIpc) is 3.41. The SMILES string of the molecule is COc1cc(Cn2ccc3c(Nc4ccc5c(c4)OCO5)ncnc32)cc(OC)c1. The molecule has 0 radical (unpaired) electrons. The molecule has 2 aromatic heterocycles. The number of hydrogen-bond acceptors (Lipinski definition) is 7. The van der Waals surface area contributed by atoms with Crippen LogP contribution in [0.3, 0.4) is 0 Å². The van der Waals surface area contributed by atoms with Crippen molar-refractivity contribution < 1.29 is 18.9 Å². The van der Waals surface area contributed by atoms with E-state index in [4.69, 9.17) is 18.9 Å². The van der Waals surface area contributed by atoms with E-state index in [9.17, 15) is 0 Å². The van der Waals surface area contributed by atoms with E-state index >= 15 is 0 Å². The molecule has 0 aliphatic carbocycles. The summed E-state index contributed by atoms with van der Waals surface area (Å²) in [6.45, 7) is 0.867. The van der Waals surface area contributed by atoms with Gasteiger partial charge in [0.05, 0.1) is 19.6 Å². The van der Waals surface area contributed by atoms with Crippen LogP contribution in [0.4, 0.5) is 11.5 Å². The van der Waals surface area contributed by atoms with E-state index in [-0.39, 0.29) is 6.79 Å². The van der Waals surface area contributed by atoms with Gasteiger partial charge in [0.25, 0.3) is 0 Å². The molecule has 0 fully saturated rings. The molecular weight excluding hydrogens is 384 g/mol. The smallest absolute Gasteiger partial charge is 0.231 e. The highest BCUT2D eigenvalue weighted by Gasteiger charge is 2.15. The molecule has 3 heterocycles. The van der Waals surface area contributed by atoms with Crippen LogP contribution < -0.4 is 24.3 Å². The Balaban J connectivity index is 1.45. The fraction of sp³-hybridized carbons (Fsp3) is 0.182. The largest absolute Gasteiger partial charge is 0.497 e. The molecule has 152 valence electrons. The van der Waals surface area contributed by atoms with Gasteiger partial charge in [-0.25, -0.2) is 9.97 Å². The summed E-state index contributed by atoms with van der Waals surface area (Å²) in [5, 5.41) is 4.27. The zero-order chi connectivity index (χ0) is 20.5. The normalized spacial score (nSPS) is 12.2. The van der Waals surface area contributed by atoms with Gasteiger partial charge in [0.15, 0.2) is 11.5 Å². The first-order chi connectivity index (χ1) is 14.7. The minimum Gasteiger partial charge on any atom is -0.497 e. The lowest BCUT2D eigenvalue weighted by molar-refractivity contribution is 0.174. The van der Waals surface area contributed by atoms with Crippen LogP contribution in [0.1, 0.15) is 5.56 Å². The lowest BCUT2D eigenvalue weighted by Crippen LogP contribution is -2.02. The molecule has 1 N–H and O–H groups in total. The van der Waals surface area contributed by atoms with Crippen molar-refractivity contribution in [2.75, 3.05) is 26.3 Å². The summed E-state index contributed by atoms with van der Waals surface area (Å²) >= 11 is 0. The molecule has 0 amide bonds. The standard InChI is InChI=1S/C22H20N4O4/c1-27-16-7-14(8-17(10-16)28-2)11-26-6-5-18-21(23-12-24-22(18)26)25-15-3-4-19-20(9-15)30-13-29-19/h3-10,12H,11,13H2,1-2H3,(H,23,24,25). The second-order valence-corrected chi connectivity index (χ2v) is 6.82. The Morgan fingerprint density at radius 3 is 2.57 bits per heavy atom. The summed E-state index contributed by atoms with van der Waals surface area (Å²) in [6.07, 6.45) is 3.55. The molecule has 30 heavy (non-hydrogen) atoms. The molecule has 0 atom stereocenters. The quantitative estimate of drug-likeness (QED) is 0.521. The number of fused-ring (bicyclic) bond motifs is 2. The van der Waals surface area contributed by atoms with Crippen molar-refractivity contribution in [2.45, 2.75) is 6.54 Å². The molecule has 8 nitrogen and oxygen atoms in total. The topological polar surface area (TPSA) is 79.7 Å². The Morgan fingerprint density at radius 1 is 0.967 bits per heavy atom. The Bertz CT molecular complexity index is 1200. The highest BCUT2D eigenvalue weighted by Crippen LogP contribution is 2.35. The van der Waals surface area contributed by atoms with Crippen LogP contribution in [0, 0.1) is 0 Å². The van der Waals surface area contributed by atoms with Crippen molar-refractivity contribution in [2.24, 2.45) is 0 Å². The number of benzene rings is 2. The van der Waals surface area contributed by atoms with E-state index in [0.29, 0.717) is 6.54 Å². The summed E-state index contributed by atoms with van der Waals surface area (Å²) in [5.74, 6) is 3.69. The van der Waals surface area contributed by atoms with Crippen molar-refractivity contribution in [3.63, 3.8) is 0 Å². The Kier molecular flexibility index (Phi) is 4.51. The molecule has 5 rings (SSSR count). The van der Waals surface area contributed by atoms with Crippen molar-refractivity contribution in [3.05, 3.63) is 60.6 Å². The third kappa shape index (κ3) is 3.32. The first-order valence-electron chi connectivity index (χ1n) is 9.42. The second kappa shape index (κ2) is 7.47. The van der Waals surface area contributed by atoms with Crippen LogP contribution in [0.5, 0.6) is 23.0 Å². The van der Waals surface area contributed by atoms with Crippen molar-refractivity contribution >= 4 is 22.5 Å². The number of aromatic nitrogens is 3. The van der Waals surface area contributed by atoms with Crippen LogP contribution in [-0.2, 0) is 6.54 Å². The second-order valence-electron chi connectivity index (χ2n) is 6.82. The summed E-state index contributed by atoms with van der Waals surface area (Å²) in [6, 6.07) is 13.5. The van der Waals surface area contributed by atoms with E-state index < -0.39 is 0 Å². The third-order valence-corrected chi connectivity index (χ3v) is 4.96. The first kappa shape index (κ1) is 18.1. The minimum absolute atomic E-state index is 0.244. The maximum absolute atomic E-state index is 5.45. The van der Waals surface area contributed by atoms with Gasteiger partial charge in [-0.05, 0) is 35.9 Å². The molecule has 2 aromatic carbocycles. The van der Waals surface area contributed by atoms with Gasteiger partial charge in [-0.2, -0.15) is 0 Å². The summed E-state index contributed by atoms with van der Waals surface area (Å²) < 4.78 is 23.6. The van der Waals surface area contributed by atoms with Gasteiger partial charge in [0, 0.05) is 30.6 Å². The van der Waals surface area contributed by atoms with Crippen LogP contribution in [0.15, 0.2) is 55.0 Å². The zero-order valence-electron chi connectivity index (χ0n) is 16.6. The predicted octanol–water partition coefficient (Wildman–Crippen LogP) is 3.97. The Morgan fingerprint density at radius 2 is 1.77 bits per heavy atom. The highest BCUT2D eigenvalue weighted by molar-refractivity contribution is 5.89. The Hall–Kier alpha value is -3.94. The monoisotopic (exact) mass is 404 g/mol. The minimum atomic E-state index is 0.244. The predicted molar refractivity (Wildman–Crippen MR) is 112 cm³/mol. The van der Waals surface area contributed by atoms with Gasteiger partial charge in [0.2, 0.25) is 6.79 Å². The maximum atomic E-state index is 5.45. The number of nitrogens with one attached hydrogen (secondary N) is 1. The summed E-state index contributed by atoms with van der Waals surface area (Å²) in [7, 11) is 3.29. The lowest BCUT2D eigenvalue weighted by atomic mass is 10.2. The first-order valence-corrected chi connectivity index (χ1v) is 9.42. The van der Waals surface area contributed by atoms with Gasteiger partial charge in [-0.15, -0.1) is 0 Å². The fourth-order valence-electron chi connectivity index (χ4n) is 3.50. The highest BCUT2D eigenvalue weighted by atomic mass is 16.7. The number of anilines is 2. The molecule has 0 saturated heterocycles. The van der Waals surface area contributed by atoms with Crippen LogP contribution in [0.25, 0.3) is 11.0 Å². The van der Waals surface area contributed by atoms with Gasteiger partial charge in [0.1, 0.15) is 29.3 Å². The van der Waals surface area contributed by atoms with E-state index in [1.807, 2.05) is 48.7 Å². The summed E-state index contributed by atoms with van der Waals surface area (Å²) in [4.78, 5) is 8.91.